The molecule has 0 aliphatic carbocycles. The lowest BCUT2D eigenvalue weighted by molar-refractivity contribution is -0.222. The number of hydrogen-bond acceptors (Lipinski definition) is 6. The van der Waals surface area contributed by atoms with Gasteiger partial charge in [0.1, 0.15) is 11.8 Å². The number of nitrogens with zero attached hydrogens (tertiary/aromatic N) is 1. The summed E-state index contributed by atoms with van der Waals surface area (Å²) in [5.74, 6) is -4.46. The number of ether oxygens (including phenoxy) is 2. The molecule has 0 saturated carbocycles. The number of ketones is 1. The normalized spacial score (nSPS) is 27.2. The average Bonchev–Trinajstić information content (AvgIpc) is 2.91. The van der Waals surface area contributed by atoms with Gasteiger partial charge in [-0.15, -0.1) is 0 Å². The second-order valence-electron chi connectivity index (χ2n) is 5.36. The minimum atomic E-state index is -1.34. The lowest BCUT2D eigenvalue weighted by atomic mass is 9.99. The third-order valence-electron chi connectivity index (χ3n) is 3.40. The standard InChI is InChI=1S/C14H13NO6/c1-14(2)20-12(18)8(13(19)21-14)6-7-10(16)9-4-3-5-15(9)11(7)17/h3-7,11,17H,1-2H3. The third-order valence-corrected chi connectivity index (χ3v) is 3.40. The topological polar surface area (TPSA) is 94.8 Å². The Bertz CT molecular complexity index is 661. The maximum atomic E-state index is 12.2. The molecule has 110 valence electrons. The van der Waals surface area contributed by atoms with Crippen LogP contribution in [0.3, 0.4) is 0 Å². The fourth-order valence-corrected chi connectivity index (χ4v) is 2.45. The van der Waals surface area contributed by atoms with Crippen molar-refractivity contribution in [2.75, 3.05) is 0 Å². The largest absolute Gasteiger partial charge is 0.419 e. The second kappa shape index (κ2) is 4.29. The van der Waals surface area contributed by atoms with Crippen molar-refractivity contribution in [3.8, 4) is 0 Å². The van der Waals surface area contributed by atoms with Crippen LogP contribution in [0.4, 0.5) is 0 Å². The van der Waals surface area contributed by atoms with E-state index in [4.69, 9.17) is 9.47 Å². The number of carbonyl (C=O) groups is 3. The second-order valence-corrected chi connectivity index (χ2v) is 5.36. The first-order chi connectivity index (χ1) is 9.80. The summed E-state index contributed by atoms with van der Waals surface area (Å²) in [6, 6.07) is 3.19. The van der Waals surface area contributed by atoms with Crippen LogP contribution in [0.25, 0.3) is 0 Å². The van der Waals surface area contributed by atoms with Crippen LogP contribution < -0.4 is 0 Å². The van der Waals surface area contributed by atoms with Crippen molar-refractivity contribution < 1.29 is 29.0 Å². The molecular formula is C14H13NO6. The summed E-state index contributed by atoms with van der Waals surface area (Å²) in [4.78, 5) is 35.8. The van der Waals surface area contributed by atoms with Crippen LogP contribution in [-0.2, 0) is 19.1 Å². The molecule has 7 heteroatoms. The van der Waals surface area contributed by atoms with E-state index in [1.807, 2.05) is 0 Å². The van der Waals surface area contributed by atoms with Crippen LogP contribution in [0.15, 0.2) is 30.0 Å². The first-order valence-electron chi connectivity index (χ1n) is 6.38. The van der Waals surface area contributed by atoms with Gasteiger partial charge in [0.25, 0.3) is 5.79 Å². The van der Waals surface area contributed by atoms with E-state index in [1.165, 1.54) is 18.4 Å². The van der Waals surface area contributed by atoms with Crippen LogP contribution in [0.1, 0.15) is 30.6 Å². The Labute approximate surface area is 119 Å². The minimum Gasteiger partial charge on any atom is -0.419 e. The van der Waals surface area contributed by atoms with E-state index >= 15 is 0 Å². The molecule has 2 unspecified atom stereocenters. The number of hydrogen-bond donors (Lipinski definition) is 1. The van der Waals surface area contributed by atoms with Gasteiger partial charge in [0.15, 0.2) is 5.78 Å². The monoisotopic (exact) mass is 291 g/mol. The Kier molecular flexibility index (Phi) is 2.77. The lowest BCUT2D eigenvalue weighted by Crippen LogP contribution is -2.42. The highest BCUT2D eigenvalue weighted by molar-refractivity contribution is 6.16. The Morgan fingerprint density at radius 1 is 1.24 bits per heavy atom. The minimum absolute atomic E-state index is 0.322. The van der Waals surface area contributed by atoms with Crippen molar-refractivity contribution in [1.29, 1.82) is 0 Å². The van der Waals surface area contributed by atoms with E-state index in [9.17, 15) is 19.5 Å². The van der Waals surface area contributed by atoms with Crippen molar-refractivity contribution in [1.82, 2.24) is 4.57 Å². The molecule has 0 amide bonds. The Balaban J connectivity index is 1.93. The fourth-order valence-electron chi connectivity index (χ4n) is 2.45. The Morgan fingerprint density at radius 2 is 1.86 bits per heavy atom. The molecule has 0 aromatic carbocycles. The number of aliphatic hydroxyl groups is 1. The highest BCUT2D eigenvalue weighted by atomic mass is 16.7. The van der Waals surface area contributed by atoms with Gasteiger partial charge >= 0.3 is 11.9 Å². The fraction of sp³-hybridized carbons (Fsp3) is 0.357. The molecule has 7 nitrogen and oxygen atoms in total. The zero-order valence-electron chi connectivity index (χ0n) is 11.4. The number of esters is 2. The quantitative estimate of drug-likeness (QED) is 0.461. The van der Waals surface area contributed by atoms with Gasteiger partial charge in [0.2, 0.25) is 0 Å². The molecule has 1 fully saturated rings. The van der Waals surface area contributed by atoms with Gasteiger partial charge in [-0.3, -0.25) is 4.79 Å². The molecule has 3 rings (SSSR count). The van der Waals surface area contributed by atoms with E-state index in [0.717, 1.165) is 6.08 Å². The smallest absolute Gasteiger partial charge is 0.348 e. The summed E-state index contributed by atoms with van der Waals surface area (Å²) in [6.45, 7) is 2.86. The molecule has 0 spiro atoms. The summed E-state index contributed by atoms with van der Waals surface area (Å²) >= 11 is 0. The highest BCUT2D eigenvalue weighted by Gasteiger charge is 2.43. The van der Waals surface area contributed by atoms with Gasteiger partial charge in [0, 0.05) is 20.0 Å². The number of aliphatic hydroxyl groups excluding tert-OH is 1. The molecule has 1 aromatic rings. The summed E-state index contributed by atoms with van der Waals surface area (Å²) < 4.78 is 11.3. The molecule has 3 heterocycles. The number of rotatable bonds is 1. The maximum absolute atomic E-state index is 12.2. The van der Waals surface area contributed by atoms with Crippen molar-refractivity contribution in [2.24, 2.45) is 5.92 Å². The van der Waals surface area contributed by atoms with Crippen molar-refractivity contribution in [2.45, 2.75) is 25.9 Å². The van der Waals surface area contributed by atoms with Crippen LogP contribution in [0, 0.1) is 5.92 Å². The van der Waals surface area contributed by atoms with Crippen LogP contribution in [0.5, 0.6) is 0 Å². The van der Waals surface area contributed by atoms with E-state index in [-0.39, 0.29) is 11.4 Å². The summed E-state index contributed by atoms with van der Waals surface area (Å²) in [5, 5.41) is 10.1. The molecule has 1 N–H and O–H groups in total. The molecule has 2 aliphatic heterocycles. The number of carbonyl (C=O) groups excluding carboxylic acids is 3. The molecule has 1 saturated heterocycles. The zero-order valence-corrected chi connectivity index (χ0v) is 11.4. The van der Waals surface area contributed by atoms with Gasteiger partial charge in [-0.1, -0.05) is 0 Å². The van der Waals surface area contributed by atoms with Crippen LogP contribution in [-0.4, -0.2) is 33.2 Å². The summed E-state index contributed by atoms with van der Waals surface area (Å²) in [7, 11) is 0. The maximum Gasteiger partial charge on any atom is 0.348 e. The molecule has 21 heavy (non-hydrogen) atoms. The number of fused-ring (bicyclic) bond motifs is 1. The van der Waals surface area contributed by atoms with Gasteiger partial charge in [0.05, 0.1) is 11.6 Å². The SMILES string of the molecule is CC1(C)OC(=O)C(=CC2C(=O)c3cccn3C2O)C(=O)O1. The van der Waals surface area contributed by atoms with Gasteiger partial charge < -0.3 is 19.1 Å². The molecular weight excluding hydrogens is 278 g/mol. The Morgan fingerprint density at radius 3 is 2.43 bits per heavy atom. The van der Waals surface area contributed by atoms with Gasteiger partial charge in [-0.25, -0.2) is 9.59 Å². The summed E-state index contributed by atoms with van der Waals surface area (Å²) in [6.07, 6.45) is 1.50. The van der Waals surface area contributed by atoms with Crippen molar-refractivity contribution in [3.63, 3.8) is 0 Å². The zero-order chi connectivity index (χ0) is 15.4. The van der Waals surface area contributed by atoms with E-state index in [0.29, 0.717) is 5.69 Å². The third kappa shape index (κ3) is 2.06. The van der Waals surface area contributed by atoms with E-state index in [2.05, 4.69) is 0 Å². The first-order valence-corrected chi connectivity index (χ1v) is 6.38. The van der Waals surface area contributed by atoms with Gasteiger partial charge in [-0.2, -0.15) is 0 Å². The molecule has 0 bridgehead atoms. The van der Waals surface area contributed by atoms with Crippen LogP contribution in [0.2, 0.25) is 0 Å². The van der Waals surface area contributed by atoms with E-state index < -0.39 is 29.9 Å². The lowest BCUT2D eigenvalue weighted by Gasteiger charge is -2.30. The molecule has 2 aliphatic rings. The Hall–Kier alpha value is -2.41. The number of cyclic esters (lactones) is 2. The van der Waals surface area contributed by atoms with Crippen LogP contribution >= 0.6 is 0 Å². The molecule has 0 radical (unpaired) electrons. The molecule has 2 atom stereocenters. The summed E-state index contributed by atoms with van der Waals surface area (Å²) in [5.41, 5.74) is -0.0558. The average molecular weight is 291 g/mol. The predicted molar refractivity (Wildman–Crippen MR) is 67.9 cm³/mol. The van der Waals surface area contributed by atoms with Crippen molar-refractivity contribution in [3.05, 3.63) is 35.7 Å². The van der Waals surface area contributed by atoms with E-state index in [1.54, 1.807) is 18.3 Å². The highest BCUT2D eigenvalue weighted by Crippen LogP contribution is 2.33. The van der Waals surface area contributed by atoms with Crippen molar-refractivity contribution >= 4 is 17.7 Å². The number of aromatic nitrogens is 1. The molecule has 1 aromatic heterocycles. The first kappa shape index (κ1) is 13.6. The van der Waals surface area contributed by atoms with Gasteiger partial charge in [-0.05, 0) is 18.2 Å². The number of Topliss-reactive ketones (excluding diaryl/α,β-unsaturated/α-hetero) is 1. The predicted octanol–water partition coefficient (Wildman–Crippen LogP) is 0.554.